The molecule has 4 aliphatic carbocycles. The zero-order valence-corrected chi connectivity index (χ0v) is 32.0. The minimum Gasteiger partial charge on any atom is -0.252 e. The molecule has 4 unspecified atom stereocenters. The van der Waals surface area contributed by atoms with E-state index in [1.54, 1.807) is 5.56 Å². The molecule has 0 spiro atoms. The van der Waals surface area contributed by atoms with E-state index in [1.165, 1.54) is 132 Å². The molecule has 2 heteroatoms. The summed E-state index contributed by atoms with van der Waals surface area (Å²) in [6.45, 7) is 4.74. The maximum absolute atomic E-state index is 5.36. The van der Waals surface area contributed by atoms with Gasteiger partial charge < -0.3 is 0 Å². The average molecular weight is 697 g/mol. The van der Waals surface area contributed by atoms with E-state index >= 15 is 0 Å². The van der Waals surface area contributed by atoms with Gasteiger partial charge in [-0.25, -0.2) is 4.98 Å². The summed E-state index contributed by atoms with van der Waals surface area (Å²) in [5, 5.41) is 4.94. The third-order valence-electron chi connectivity index (χ3n) is 15.1. The fraction of sp³-hybridized carbons (Fsp3) is 0.451. The maximum Gasteiger partial charge on any atom is 0.0975 e. The van der Waals surface area contributed by atoms with Crippen LogP contribution in [-0.4, -0.2) is 9.97 Å². The zero-order chi connectivity index (χ0) is 35.5. The molecule has 6 aromatic rings. The van der Waals surface area contributed by atoms with Crippen LogP contribution in [-0.2, 0) is 6.42 Å². The normalized spacial score (nSPS) is 27.2. The summed E-state index contributed by atoms with van der Waals surface area (Å²) in [5.41, 5.74) is 12.1. The minimum absolute atomic E-state index is 0.464. The van der Waals surface area contributed by atoms with E-state index in [0.29, 0.717) is 11.8 Å². The molecule has 1 aromatic heterocycles. The van der Waals surface area contributed by atoms with Gasteiger partial charge in [0, 0.05) is 22.9 Å². The largest absolute Gasteiger partial charge is 0.252 e. The number of nitrogens with zero attached hydrogens (tertiary/aromatic N) is 2. The van der Waals surface area contributed by atoms with Crippen molar-refractivity contribution in [1.29, 1.82) is 0 Å². The number of fused-ring (bicyclic) bond motifs is 9. The highest BCUT2D eigenvalue weighted by Crippen LogP contribution is 2.58. The monoisotopic (exact) mass is 696 g/mol. The Morgan fingerprint density at radius 3 is 1.83 bits per heavy atom. The van der Waals surface area contributed by atoms with E-state index < -0.39 is 0 Å². The van der Waals surface area contributed by atoms with Crippen molar-refractivity contribution in [2.45, 2.75) is 116 Å². The molecule has 1 heterocycles. The van der Waals surface area contributed by atoms with E-state index in [4.69, 9.17) is 9.97 Å². The smallest absolute Gasteiger partial charge is 0.0975 e. The summed E-state index contributed by atoms with van der Waals surface area (Å²) < 4.78 is 0. The maximum atomic E-state index is 5.36. The highest BCUT2D eigenvalue weighted by molar-refractivity contribution is 6.22. The summed E-state index contributed by atoms with van der Waals surface area (Å²) >= 11 is 0. The second-order valence-electron chi connectivity index (χ2n) is 17.8. The Labute approximate surface area is 316 Å². The molecular formula is C51H56N2. The molecule has 0 N–H and O–H groups in total. The molecule has 5 aromatic carbocycles. The van der Waals surface area contributed by atoms with Crippen molar-refractivity contribution in [2.75, 3.05) is 0 Å². The third-order valence-corrected chi connectivity index (χ3v) is 15.1. The average Bonchev–Trinajstić information content (AvgIpc) is 3.54. The van der Waals surface area contributed by atoms with E-state index in [2.05, 4.69) is 105 Å². The second-order valence-corrected chi connectivity index (χ2v) is 17.8. The van der Waals surface area contributed by atoms with Gasteiger partial charge >= 0.3 is 0 Å². The molecule has 4 saturated carbocycles. The Kier molecular flexibility index (Phi) is 8.85. The number of hydrogen-bond acceptors (Lipinski definition) is 2. The van der Waals surface area contributed by atoms with Gasteiger partial charge in [-0.15, -0.1) is 0 Å². The molecule has 0 bridgehead atoms. The number of aryl methyl sites for hydroxylation is 3. The van der Waals surface area contributed by atoms with Crippen molar-refractivity contribution >= 4 is 32.6 Å². The van der Waals surface area contributed by atoms with Gasteiger partial charge in [0.1, 0.15) is 0 Å². The predicted molar refractivity (Wildman–Crippen MR) is 223 cm³/mol. The molecule has 10 rings (SSSR count). The van der Waals surface area contributed by atoms with Gasteiger partial charge in [0.15, 0.2) is 0 Å². The predicted octanol–water partition coefficient (Wildman–Crippen LogP) is 13.8. The molecular weight excluding hydrogens is 641 g/mol. The van der Waals surface area contributed by atoms with Crippen molar-refractivity contribution < 1.29 is 0 Å². The van der Waals surface area contributed by atoms with E-state index in [-0.39, 0.29) is 0 Å². The molecule has 0 saturated heterocycles. The van der Waals surface area contributed by atoms with E-state index in [1.807, 2.05) is 0 Å². The van der Waals surface area contributed by atoms with Gasteiger partial charge in [0.25, 0.3) is 0 Å². The summed E-state index contributed by atoms with van der Waals surface area (Å²) in [6.07, 6.45) is 21.6. The van der Waals surface area contributed by atoms with Gasteiger partial charge in [-0.05, 0) is 158 Å². The third kappa shape index (κ3) is 6.00. The van der Waals surface area contributed by atoms with Crippen molar-refractivity contribution in [3.63, 3.8) is 0 Å². The fourth-order valence-corrected chi connectivity index (χ4v) is 12.5. The van der Waals surface area contributed by atoms with Crippen molar-refractivity contribution in [3.8, 4) is 11.1 Å². The lowest BCUT2D eigenvalue weighted by Gasteiger charge is -2.32. The van der Waals surface area contributed by atoms with Crippen LogP contribution < -0.4 is 0 Å². The Morgan fingerprint density at radius 2 is 1.15 bits per heavy atom. The first-order chi connectivity index (χ1) is 26.1. The Hall–Kier alpha value is -4.04. The van der Waals surface area contributed by atoms with Gasteiger partial charge in [0.2, 0.25) is 0 Å². The first kappa shape index (κ1) is 33.5. The van der Waals surface area contributed by atoms with E-state index in [0.717, 1.165) is 53.5 Å². The van der Waals surface area contributed by atoms with Crippen LogP contribution in [0.15, 0.2) is 91.1 Å². The first-order valence-corrected chi connectivity index (χ1v) is 21.4. The van der Waals surface area contributed by atoms with Gasteiger partial charge in [-0.3, -0.25) is 4.98 Å². The summed E-state index contributed by atoms with van der Waals surface area (Å²) in [4.78, 5) is 10.4. The fourth-order valence-electron chi connectivity index (χ4n) is 12.5. The molecule has 2 nitrogen and oxygen atoms in total. The molecule has 0 aliphatic heterocycles. The van der Waals surface area contributed by atoms with Crippen LogP contribution in [0.1, 0.15) is 123 Å². The second kappa shape index (κ2) is 14.0. The Morgan fingerprint density at radius 1 is 0.547 bits per heavy atom. The molecule has 5 atom stereocenters. The molecule has 0 amide bonds. The van der Waals surface area contributed by atoms with Gasteiger partial charge in [-0.2, -0.15) is 0 Å². The van der Waals surface area contributed by atoms with Crippen LogP contribution in [0.25, 0.3) is 43.7 Å². The van der Waals surface area contributed by atoms with Crippen LogP contribution in [0.4, 0.5) is 0 Å². The SMILES string of the molecule is Cc1cc(-c2cccc(C3CCC(c4cnc5c6ccccc6c6ccccc6c5n4)CC3)c2)c(C)cc1CCC1C2CCCCC2[C@H]2CCCCC12. The van der Waals surface area contributed by atoms with Crippen LogP contribution in [0.5, 0.6) is 0 Å². The molecule has 53 heavy (non-hydrogen) atoms. The molecule has 4 aliphatic rings. The van der Waals surface area contributed by atoms with Crippen molar-refractivity contribution in [3.05, 3.63) is 119 Å². The van der Waals surface area contributed by atoms with Crippen molar-refractivity contribution in [2.24, 2.45) is 29.6 Å². The summed E-state index contributed by atoms with van der Waals surface area (Å²) in [6, 6.07) is 32.0. The summed E-state index contributed by atoms with van der Waals surface area (Å²) in [5.74, 6) is 6.20. The Balaban J connectivity index is 0.842. The van der Waals surface area contributed by atoms with Crippen LogP contribution in [0.2, 0.25) is 0 Å². The lowest BCUT2D eigenvalue weighted by atomic mass is 9.73. The molecule has 4 fully saturated rings. The number of rotatable bonds is 6. The lowest BCUT2D eigenvalue weighted by molar-refractivity contribution is 0.184. The lowest BCUT2D eigenvalue weighted by Crippen LogP contribution is -2.22. The Bertz CT molecular complexity index is 2240. The topological polar surface area (TPSA) is 25.8 Å². The minimum atomic E-state index is 0.464. The quantitative estimate of drug-likeness (QED) is 0.162. The number of hydrogen-bond donors (Lipinski definition) is 0. The highest BCUT2D eigenvalue weighted by Gasteiger charge is 2.50. The standard InChI is InChI=1S/C51H56N2/c1-32-29-48(33(2)28-36(32)26-27-45-41-16-5-3-14-39(41)40-15-4-6-17-42(40)45)38-13-11-12-37(30-38)34-22-24-35(25-23-34)49-31-52-50-46-20-9-7-18-43(46)44-19-8-10-21-47(44)51(50)53-49/h7-13,18-21,28-31,34-35,39-42,45H,3-6,14-17,22-27H2,1-2H3/t34?,35?,39-,40?,41?,42?,45?/m1/s1. The molecule has 270 valence electrons. The number of benzene rings is 5. The summed E-state index contributed by atoms with van der Waals surface area (Å²) in [7, 11) is 0. The van der Waals surface area contributed by atoms with Crippen LogP contribution in [0, 0.1) is 43.4 Å². The molecule has 0 radical (unpaired) electrons. The van der Waals surface area contributed by atoms with Crippen molar-refractivity contribution in [1.82, 2.24) is 9.97 Å². The van der Waals surface area contributed by atoms with Gasteiger partial charge in [-0.1, -0.05) is 111 Å². The van der Waals surface area contributed by atoms with Crippen LogP contribution in [0.3, 0.4) is 0 Å². The highest BCUT2D eigenvalue weighted by atomic mass is 14.8. The van der Waals surface area contributed by atoms with E-state index in [9.17, 15) is 0 Å². The van der Waals surface area contributed by atoms with Gasteiger partial charge in [0.05, 0.1) is 16.7 Å². The number of aromatic nitrogens is 2. The first-order valence-electron chi connectivity index (χ1n) is 21.4. The van der Waals surface area contributed by atoms with Crippen LogP contribution >= 0.6 is 0 Å². The zero-order valence-electron chi connectivity index (χ0n) is 32.0.